The molecule has 5 unspecified atom stereocenters. The van der Waals surface area contributed by atoms with Crippen LogP contribution >= 0.6 is 19.4 Å². The van der Waals surface area contributed by atoms with Gasteiger partial charge in [0.2, 0.25) is 5.95 Å². The van der Waals surface area contributed by atoms with Crippen LogP contribution in [0, 0.1) is 0 Å². The third-order valence-electron chi connectivity index (χ3n) is 3.98. The number of anilines is 1. The van der Waals surface area contributed by atoms with E-state index in [1.807, 2.05) is 0 Å². The van der Waals surface area contributed by atoms with Gasteiger partial charge < -0.3 is 10.5 Å². The molecule has 0 aliphatic carbocycles. The van der Waals surface area contributed by atoms with E-state index in [9.17, 15) is 9.36 Å². The van der Waals surface area contributed by atoms with Crippen LogP contribution in [0.1, 0.15) is 20.1 Å². The van der Waals surface area contributed by atoms with Crippen LogP contribution in [-0.2, 0) is 22.9 Å². The number of fused-ring (bicyclic) bond motifs is 2. The summed E-state index contributed by atoms with van der Waals surface area (Å²) in [7, 11) is -3.72. The average Bonchev–Trinajstić information content (AvgIpc) is 3.08. The van der Waals surface area contributed by atoms with E-state index in [0.29, 0.717) is 0 Å². The van der Waals surface area contributed by atoms with Gasteiger partial charge in [0.1, 0.15) is 17.6 Å². The first-order valence-corrected chi connectivity index (χ1v) is 9.80. The van der Waals surface area contributed by atoms with Crippen molar-refractivity contribution in [1.82, 2.24) is 19.5 Å². The SMILES string of the molecule is CC(C)OP1(=O)OCC2OC(n3cnc4c(=O)[nH]c(N)nc43)C(Cl)C2O1. The van der Waals surface area contributed by atoms with E-state index in [0.717, 1.165) is 0 Å². The fraction of sp³-hybridized carbons (Fsp3) is 0.615. The molecule has 0 saturated carbocycles. The fourth-order valence-corrected chi connectivity index (χ4v) is 5.01. The largest absolute Gasteiger partial charge is 0.475 e. The summed E-state index contributed by atoms with van der Waals surface area (Å²) in [6.07, 6.45) is -1.01. The molecule has 26 heavy (non-hydrogen) atoms. The molecule has 13 heteroatoms. The number of alkyl halides is 1. The molecule has 2 aromatic rings. The van der Waals surface area contributed by atoms with Crippen LogP contribution in [0.2, 0.25) is 0 Å². The summed E-state index contributed by atoms with van der Waals surface area (Å²) >= 11 is 6.51. The van der Waals surface area contributed by atoms with Gasteiger partial charge in [0.15, 0.2) is 17.4 Å². The predicted molar refractivity (Wildman–Crippen MR) is 90.8 cm³/mol. The molecule has 0 aromatic carbocycles. The summed E-state index contributed by atoms with van der Waals surface area (Å²) < 4.78 is 36.0. The van der Waals surface area contributed by atoms with Gasteiger partial charge in [-0.2, -0.15) is 4.98 Å². The Morgan fingerprint density at radius 3 is 3.04 bits per heavy atom. The number of nitrogen functional groups attached to an aromatic ring is 1. The van der Waals surface area contributed by atoms with E-state index < -0.39 is 37.2 Å². The Hall–Kier alpha value is -1.49. The number of H-pyrrole nitrogens is 1. The number of hydrogen-bond acceptors (Lipinski definition) is 9. The topological polar surface area (TPSA) is 144 Å². The van der Waals surface area contributed by atoms with E-state index in [-0.39, 0.29) is 29.8 Å². The molecule has 2 aliphatic rings. The summed E-state index contributed by atoms with van der Waals surface area (Å²) in [5, 5.41) is -0.743. The first-order valence-electron chi connectivity index (χ1n) is 7.90. The quantitative estimate of drug-likeness (QED) is 0.567. The summed E-state index contributed by atoms with van der Waals surface area (Å²) in [5.74, 6) is -0.0554. The van der Waals surface area contributed by atoms with Crippen molar-refractivity contribution in [2.75, 3.05) is 12.3 Å². The maximum atomic E-state index is 12.6. The Labute approximate surface area is 152 Å². The van der Waals surface area contributed by atoms with Crippen LogP contribution in [0.5, 0.6) is 0 Å². The molecule has 2 aliphatic heterocycles. The molecular weight excluding hydrogens is 389 g/mol. The zero-order valence-electron chi connectivity index (χ0n) is 13.9. The summed E-state index contributed by atoms with van der Waals surface area (Å²) in [4.78, 5) is 22.4. The average molecular weight is 406 g/mol. The van der Waals surface area contributed by atoms with Gasteiger partial charge in [-0.15, -0.1) is 11.6 Å². The number of aromatic amines is 1. The molecule has 4 heterocycles. The highest BCUT2D eigenvalue weighted by Crippen LogP contribution is 2.58. The number of rotatable bonds is 3. The summed E-state index contributed by atoms with van der Waals surface area (Å²) in [6.45, 7) is 3.43. The molecule has 5 atom stereocenters. The van der Waals surface area contributed by atoms with Crippen molar-refractivity contribution < 1.29 is 22.9 Å². The normalized spacial score (nSPS) is 34.5. The lowest BCUT2D eigenvalue weighted by Crippen LogP contribution is -2.37. The Morgan fingerprint density at radius 1 is 1.54 bits per heavy atom. The van der Waals surface area contributed by atoms with Gasteiger partial charge >= 0.3 is 7.82 Å². The van der Waals surface area contributed by atoms with Crippen LogP contribution in [0.3, 0.4) is 0 Å². The highest BCUT2D eigenvalue weighted by molar-refractivity contribution is 7.48. The fourth-order valence-electron chi connectivity index (χ4n) is 2.97. The Kier molecular flexibility index (Phi) is 4.33. The molecule has 0 radical (unpaired) electrons. The van der Waals surface area contributed by atoms with Gasteiger partial charge in [-0.1, -0.05) is 0 Å². The number of phosphoric acid groups is 1. The number of hydrogen-bond donors (Lipinski definition) is 2. The number of nitrogens with zero attached hydrogens (tertiary/aromatic N) is 3. The molecular formula is C13H17ClN5O6P. The third kappa shape index (κ3) is 2.94. The molecule has 0 spiro atoms. The van der Waals surface area contributed by atoms with E-state index in [1.54, 1.807) is 13.8 Å². The van der Waals surface area contributed by atoms with Crippen molar-refractivity contribution in [3.63, 3.8) is 0 Å². The number of nitrogens with one attached hydrogen (secondary N) is 1. The number of nitrogens with two attached hydrogens (primary N) is 1. The molecule has 4 rings (SSSR count). The first kappa shape index (κ1) is 17.9. The smallest absolute Gasteiger partial charge is 0.369 e. The minimum Gasteiger partial charge on any atom is -0.369 e. The number of ether oxygens (including phenoxy) is 1. The van der Waals surface area contributed by atoms with Crippen LogP contribution in [0.4, 0.5) is 5.95 Å². The number of halogens is 1. The Balaban J connectivity index is 1.65. The lowest BCUT2D eigenvalue weighted by Gasteiger charge is -2.31. The molecule has 142 valence electrons. The van der Waals surface area contributed by atoms with Crippen molar-refractivity contribution in [3.05, 3.63) is 16.7 Å². The van der Waals surface area contributed by atoms with Crippen molar-refractivity contribution in [2.45, 2.75) is 43.8 Å². The van der Waals surface area contributed by atoms with Crippen LogP contribution < -0.4 is 11.3 Å². The molecule has 0 bridgehead atoms. The number of aromatic nitrogens is 4. The highest BCUT2D eigenvalue weighted by atomic mass is 35.5. The second-order valence-electron chi connectivity index (χ2n) is 6.25. The molecule has 0 amide bonds. The molecule has 2 saturated heterocycles. The lowest BCUT2D eigenvalue weighted by molar-refractivity contribution is -0.0733. The van der Waals surface area contributed by atoms with E-state index in [2.05, 4.69) is 15.0 Å². The maximum absolute atomic E-state index is 12.6. The zero-order chi connectivity index (χ0) is 18.6. The van der Waals surface area contributed by atoms with Gasteiger partial charge in [0, 0.05) is 0 Å². The van der Waals surface area contributed by atoms with Gasteiger partial charge in [-0.25, -0.2) is 9.55 Å². The summed E-state index contributed by atoms with van der Waals surface area (Å²) in [5.41, 5.74) is 5.46. The van der Waals surface area contributed by atoms with E-state index in [1.165, 1.54) is 10.9 Å². The van der Waals surface area contributed by atoms with Gasteiger partial charge in [0.25, 0.3) is 5.56 Å². The molecule has 2 aromatic heterocycles. The minimum absolute atomic E-state index is 0.00281. The van der Waals surface area contributed by atoms with Gasteiger partial charge in [0.05, 0.1) is 19.0 Å². The van der Waals surface area contributed by atoms with Crippen molar-refractivity contribution >= 4 is 36.5 Å². The monoisotopic (exact) mass is 405 g/mol. The van der Waals surface area contributed by atoms with Crippen LogP contribution in [0.25, 0.3) is 11.2 Å². The predicted octanol–water partition coefficient (Wildman–Crippen LogP) is 1.16. The van der Waals surface area contributed by atoms with E-state index >= 15 is 0 Å². The number of phosphoric ester groups is 1. The van der Waals surface area contributed by atoms with Crippen LogP contribution in [-0.4, -0.2) is 49.8 Å². The Morgan fingerprint density at radius 2 is 2.31 bits per heavy atom. The zero-order valence-corrected chi connectivity index (χ0v) is 15.5. The van der Waals surface area contributed by atoms with E-state index in [4.69, 9.17) is 35.6 Å². The van der Waals surface area contributed by atoms with Crippen molar-refractivity contribution in [2.24, 2.45) is 0 Å². The molecule has 3 N–H and O–H groups in total. The highest BCUT2D eigenvalue weighted by Gasteiger charge is 2.53. The minimum atomic E-state index is -3.72. The second kappa shape index (κ2) is 6.29. The molecule has 2 fully saturated rings. The maximum Gasteiger partial charge on any atom is 0.475 e. The molecule has 11 nitrogen and oxygen atoms in total. The second-order valence-corrected chi connectivity index (χ2v) is 8.33. The van der Waals surface area contributed by atoms with Gasteiger partial charge in [-0.3, -0.25) is 27.9 Å². The van der Waals surface area contributed by atoms with Crippen molar-refractivity contribution in [3.8, 4) is 0 Å². The first-order chi connectivity index (χ1) is 12.3. The summed E-state index contributed by atoms with van der Waals surface area (Å²) in [6, 6.07) is 0. The standard InChI is InChI=1S/C13H17ClN5O6P/c1-5(2)24-26(21)22-3-6-9(25-26)7(14)12(23-6)19-4-16-8-10(19)17-13(15)18-11(8)20/h4-7,9,12H,3H2,1-2H3,(H3,15,17,18,20). The van der Waals surface area contributed by atoms with Crippen molar-refractivity contribution in [1.29, 1.82) is 0 Å². The number of imidazole rings is 1. The lowest BCUT2D eigenvalue weighted by atomic mass is 10.2. The van der Waals surface area contributed by atoms with Gasteiger partial charge in [-0.05, 0) is 13.8 Å². The van der Waals surface area contributed by atoms with Crippen LogP contribution in [0.15, 0.2) is 11.1 Å². The third-order valence-corrected chi connectivity index (χ3v) is 6.09. The Bertz CT molecular complexity index is 947.